The Morgan fingerprint density at radius 2 is 2.00 bits per heavy atom. The van der Waals surface area contributed by atoms with Gasteiger partial charge in [0.2, 0.25) is 0 Å². The molecule has 0 saturated carbocycles. The highest BCUT2D eigenvalue weighted by Crippen LogP contribution is 2.34. The minimum Gasteiger partial charge on any atom is -0.510 e. The molecule has 0 fully saturated rings. The fourth-order valence-corrected chi connectivity index (χ4v) is 3.69. The van der Waals surface area contributed by atoms with E-state index in [0.717, 1.165) is 16.3 Å². The Kier molecular flexibility index (Phi) is 5.32. The third kappa shape index (κ3) is 3.88. The number of hydrogen-bond donors (Lipinski definition) is 2. The molecule has 0 aliphatic carbocycles. The number of carbonyl (C=O) groups is 1. The number of nitrogens with zero attached hydrogens (tertiary/aromatic N) is 2. The van der Waals surface area contributed by atoms with Gasteiger partial charge in [-0.1, -0.05) is 13.8 Å². The molecule has 0 unspecified atom stereocenters. The maximum Gasteiger partial charge on any atom is 0.338 e. The number of hydrogen-bond acceptors (Lipinski definition) is 6. The molecular weight excluding hydrogens is 362 g/mol. The molecule has 142 valence electrons. The van der Waals surface area contributed by atoms with Gasteiger partial charge in [0, 0.05) is 10.6 Å². The van der Waals surface area contributed by atoms with Crippen molar-refractivity contribution >= 4 is 34.4 Å². The molecule has 0 radical (unpaired) electrons. The molecule has 0 amide bonds. The number of esters is 1. The predicted octanol–water partition coefficient (Wildman–Crippen LogP) is 4.34. The molecule has 2 heterocycles. The number of ether oxygens (including phenoxy) is 1. The molecule has 0 saturated heterocycles. The van der Waals surface area contributed by atoms with Crippen LogP contribution in [0.3, 0.4) is 0 Å². The number of aliphatic hydroxyl groups is 1. The molecule has 3 rings (SSSR count). The van der Waals surface area contributed by atoms with Gasteiger partial charge in [-0.2, -0.15) is 0 Å². The van der Waals surface area contributed by atoms with Gasteiger partial charge in [0.1, 0.15) is 16.6 Å². The van der Waals surface area contributed by atoms with Crippen molar-refractivity contribution in [2.24, 2.45) is 5.92 Å². The van der Waals surface area contributed by atoms with Crippen LogP contribution < -0.4 is 4.90 Å². The number of aryl methyl sites for hydroxylation is 2. The Labute approximate surface area is 162 Å². The van der Waals surface area contributed by atoms with E-state index >= 15 is 0 Å². The summed E-state index contributed by atoms with van der Waals surface area (Å²) in [6.45, 7) is 8.45. The van der Waals surface area contributed by atoms with Crippen molar-refractivity contribution in [3.05, 3.63) is 51.2 Å². The second kappa shape index (κ2) is 7.52. The van der Waals surface area contributed by atoms with Crippen molar-refractivity contribution in [1.82, 2.24) is 4.98 Å². The minimum atomic E-state index is -0.359. The number of thiazole rings is 1. The van der Waals surface area contributed by atoms with Crippen molar-refractivity contribution in [3.8, 4) is 0 Å². The number of benzene rings is 1. The monoisotopic (exact) mass is 385 g/mol. The average molecular weight is 385 g/mol. The highest BCUT2D eigenvalue weighted by atomic mass is 32.1. The quantitative estimate of drug-likeness (QED) is 0.748. The lowest BCUT2D eigenvalue weighted by molar-refractivity contribution is 0.0459. The van der Waals surface area contributed by atoms with Crippen molar-refractivity contribution in [2.45, 2.75) is 27.7 Å². The zero-order chi connectivity index (χ0) is 19.7. The van der Waals surface area contributed by atoms with Gasteiger partial charge in [0.15, 0.2) is 0 Å². The standard InChI is InChI=1S/C20H23N3O3S/c1-11(2)10-26-20(25)14-5-7-15(8-6-14)23-9-16(24)17(18(23)21)19-22-12(3)13(4)27-19/h5-8,11,21,24H,9-10H2,1-4H3. The molecule has 2 aromatic rings. The first-order valence-electron chi connectivity index (χ1n) is 8.78. The molecule has 1 aromatic heterocycles. The summed E-state index contributed by atoms with van der Waals surface area (Å²) in [4.78, 5) is 19.3. The van der Waals surface area contributed by atoms with Crippen LogP contribution in [0.15, 0.2) is 30.0 Å². The number of nitrogens with one attached hydrogen (secondary N) is 1. The smallest absolute Gasteiger partial charge is 0.338 e. The van der Waals surface area contributed by atoms with Crippen LogP contribution in [0.1, 0.15) is 39.8 Å². The second-order valence-corrected chi connectivity index (χ2v) is 8.16. The van der Waals surface area contributed by atoms with E-state index < -0.39 is 0 Å². The maximum absolute atomic E-state index is 12.0. The van der Waals surface area contributed by atoms with E-state index in [1.165, 1.54) is 11.3 Å². The number of rotatable bonds is 5. The highest BCUT2D eigenvalue weighted by Gasteiger charge is 2.31. The van der Waals surface area contributed by atoms with Crippen LogP contribution in [0.5, 0.6) is 0 Å². The Morgan fingerprint density at radius 1 is 1.33 bits per heavy atom. The van der Waals surface area contributed by atoms with E-state index in [9.17, 15) is 9.90 Å². The zero-order valence-electron chi connectivity index (χ0n) is 15.9. The lowest BCUT2D eigenvalue weighted by Gasteiger charge is -2.18. The summed E-state index contributed by atoms with van der Waals surface area (Å²) in [5.74, 6) is 0.261. The number of anilines is 1. The first-order valence-corrected chi connectivity index (χ1v) is 9.59. The molecule has 1 aliphatic rings. The summed E-state index contributed by atoms with van der Waals surface area (Å²) < 4.78 is 5.23. The predicted molar refractivity (Wildman–Crippen MR) is 108 cm³/mol. The molecule has 27 heavy (non-hydrogen) atoms. The number of carbonyl (C=O) groups excluding carboxylic acids is 1. The zero-order valence-corrected chi connectivity index (χ0v) is 16.7. The van der Waals surface area contributed by atoms with Crippen molar-refractivity contribution < 1.29 is 14.6 Å². The van der Waals surface area contributed by atoms with Gasteiger partial charge in [-0.05, 0) is 44.0 Å². The first-order chi connectivity index (χ1) is 12.8. The van der Waals surface area contributed by atoms with Gasteiger partial charge in [-0.15, -0.1) is 11.3 Å². The largest absolute Gasteiger partial charge is 0.510 e. The normalized spacial score (nSPS) is 14.4. The van der Waals surface area contributed by atoms with Crippen LogP contribution in [-0.4, -0.2) is 35.0 Å². The van der Waals surface area contributed by atoms with Crippen LogP contribution in [0.2, 0.25) is 0 Å². The SMILES string of the molecule is Cc1nc(C2=C(O)CN(c3ccc(C(=O)OCC(C)C)cc3)C2=N)sc1C. The Hall–Kier alpha value is -2.67. The van der Waals surface area contributed by atoms with Crippen LogP contribution in [0.4, 0.5) is 5.69 Å². The summed E-state index contributed by atoms with van der Waals surface area (Å²) in [7, 11) is 0. The fraction of sp³-hybridized carbons (Fsp3) is 0.350. The van der Waals surface area contributed by atoms with E-state index in [-0.39, 0.29) is 30.0 Å². The van der Waals surface area contributed by atoms with Crippen LogP contribution in [-0.2, 0) is 4.74 Å². The van der Waals surface area contributed by atoms with E-state index in [0.29, 0.717) is 22.8 Å². The summed E-state index contributed by atoms with van der Waals surface area (Å²) in [6, 6.07) is 6.88. The summed E-state index contributed by atoms with van der Waals surface area (Å²) in [6.07, 6.45) is 0. The third-order valence-corrected chi connectivity index (χ3v) is 5.40. The molecular formula is C20H23N3O3S. The summed E-state index contributed by atoms with van der Waals surface area (Å²) in [5.41, 5.74) is 2.57. The molecule has 0 spiro atoms. The molecule has 7 heteroatoms. The highest BCUT2D eigenvalue weighted by molar-refractivity contribution is 7.13. The topological polar surface area (TPSA) is 86.5 Å². The van der Waals surface area contributed by atoms with Crippen molar-refractivity contribution in [3.63, 3.8) is 0 Å². The van der Waals surface area contributed by atoms with Crippen LogP contribution >= 0.6 is 11.3 Å². The van der Waals surface area contributed by atoms with E-state index in [1.807, 2.05) is 27.7 Å². The summed E-state index contributed by atoms with van der Waals surface area (Å²) in [5, 5.41) is 19.5. The van der Waals surface area contributed by atoms with E-state index in [4.69, 9.17) is 10.1 Å². The van der Waals surface area contributed by atoms with E-state index in [2.05, 4.69) is 4.98 Å². The van der Waals surface area contributed by atoms with Gasteiger partial charge >= 0.3 is 5.97 Å². The Balaban J connectivity index is 1.76. The Bertz CT molecular complexity index is 894. The first kappa shape index (κ1) is 19.1. The molecule has 6 nitrogen and oxygen atoms in total. The Morgan fingerprint density at radius 3 is 2.56 bits per heavy atom. The van der Waals surface area contributed by atoms with Crippen LogP contribution in [0.25, 0.3) is 5.57 Å². The van der Waals surface area contributed by atoms with Crippen molar-refractivity contribution in [2.75, 3.05) is 18.1 Å². The fourth-order valence-electron chi connectivity index (χ4n) is 2.71. The maximum atomic E-state index is 12.0. The van der Waals surface area contributed by atoms with E-state index in [1.54, 1.807) is 29.2 Å². The van der Waals surface area contributed by atoms with Gasteiger partial charge in [0.05, 0.1) is 30.0 Å². The van der Waals surface area contributed by atoms with Gasteiger partial charge in [-0.3, -0.25) is 5.41 Å². The summed E-state index contributed by atoms with van der Waals surface area (Å²) >= 11 is 1.47. The third-order valence-electron chi connectivity index (χ3n) is 4.31. The van der Waals surface area contributed by atoms with Crippen LogP contribution in [0, 0.1) is 25.2 Å². The van der Waals surface area contributed by atoms with Gasteiger partial charge < -0.3 is 14.7 Å². The molecule has 0 atom stereocenters. The molecule has 0 bridgehead atoms. The molecule has 2 N–H and O–H groups in total. The molecule has 1 aromatic carbocycles. The average Bonchev–Trinajstić information content (AvgIpc) is 3.11. The van der Waals surface area contributed by atoms with Gasteiger partial charge in [0.25, 0.3) is 0 Å². The molecule has 1 aliphatic heterocycles. The van der Waals surface area contributed by atoms with Crippen molar-refractivity contribution in [1.29, 1.82) is 5.41 Å². The number of aliphatic hydroxyl groups excluding tert-OH is 1. The lowest BCUT2D eigenvalue weighted by atomic mass is 10.2. The number of aromatic nitrogens is 1. The minimum absolute atomic E-state index is 0.133. The van der Waals surface area contributed by atoms with Gasteiger partial charge in [-0.25, -0.2) is 9.78 Å². The second-order valence-electron chi connectivity index (χ2n) is 6.96. The lowest BCUT2D eigenvalue weighted by Crippen LogP contribution is -2.26. The number of amidine groups is 1.